The van der Waals surface area contributed by atoms with Crippen LogP contribution in [-0.2, 0) is 17.8 Å². The SMILES string of the molecule is N#Cc1cc(COc2ccc3[nH]c4c(c3c2)CCNC4CC(=O)O)cc(OC(F)(F)F)c1. The number of nitriles is 1. The maximum Gasteiger partial charge on any atom is 0.573 e. The van der Waals surface area contributed by atoms with Crippen LogP contribution in [0.1, 0.15) is 34.8 Å². The lowest BCUT2D eigenvalue weighted by Gasteiger charge is -2.22. The fourth-order valence-corrected chi connectivity index (χ4v) is 3.89. The van der Waals surface area contributed by atoms with Gasteiger partial charge in [-0.1, -0.05) is 0 Å². The second-order valence-corrected chi connectivity index (χ2v) is 7.39. The number of carboxylic acid groups (broad SMARTS) is 1. The van der Waals surface area contributed by atoms with Crippen molar-refractivity contribution < 1.29 is 32.5 Å². The number of ether oxygens (including phenoxy) is 2. The molecule has 0 radical (unpaired) electrons. The minimum atomic E-state index is -4.86. The van der Waals surface area contributed by atoms with Crippen LogP contribution in [0, 0.1) is 11.3 Å². The quantitative estimate of drug-likeness (QED) is 0.526. The van der Waals surface area contributed by atoms with E-state index in [1.165, 1.54) is 12.1 Å². The van der Waals surface area contributed by atoms with Gasteiger partial charge >= 0.3 is 12.3 Å². The van der Waals surface area contributed by atoms with Crippen molar-refractivity contribution in [3.05, 3.63) is 58.8 Å². The van der Waals surface area contributed by atoms with E-state index in [0.29, 0.717) is 17.9 Å². The number of aromatic amines is 1. The molecule has 0 saturated carbocycles. The van der Waals surface area contributed by atoms with Gasteiger partial charge in [-0.25, -0.2) is 0 Å². The molecule has 4 rings (SSSR count). The molecule has 0 saturated heterocycles. The van der Waals surface area contributed by atoms with Crippen molar-refractivity contribution in [2.75, 3.05) is 6.54 Å². The zero-order chi connectivity index (χ0) is 22.9. The molecule has 3 N–H and O–H groups in total. The molecule has 0 fully saturated rings. The van der Waals surface area contributed by atoms with Crippen molar-refractivity contribution in [2.45, 2.75) is 31.9 Å². The minimum absolute atomic E-state index is 0.0254. The normalized spacial score (nSPS) is 15.8. The summed E-state index contributed by atoms with van der Waals surface area (Å²) in [6, 6.07) is 10.5. The van der Waals surface area contributed by atoms with Crippen molar-refractivity contribution in [2.24, 2.45) is 0 Å². The molecule has 1 atom stereocenters. The number of aliphatic carboxylic acids is 1. The van der Waals surface area contributed by atoms with Crippen LogP contribution < -0.4 is 14.8 Å². The molecule has 10 heteroatoms. The second kappa shape index (κ2) is 8.43. The summed E-state index contributed by atoms with van der Waals surface area (Å²) in [7, 11) is 0. The summed E-state index contributed by atoms with van der Waals surface area (Å²) in [6.07, 6.45) is -4.18. The third-order valence-electron chi connectivity index (χ3n) is 5.14. The van der Waals surface area contributed by atoms with E-state index in [1.807, 2.05) is 18.2 Å². The molecular formula is C22H18F3N3O4. The lowest BCUT2D eigenvalue weighted by molar-refractivity contribution is -0.274. The summed E-state index contributed by atoms with van der Waals surface area (Å²) >= 11 is 0. The molecule has 1 unspecified atom stereocenters. The first-order valence-electron chi connectivity index (χ1n) is 9.74. The van der Waals surface area contributed by atoms with Gasteiger partial charge < -0.3 is 24.9 Å². The third-order valence-corrected chi connectivity index (χ3v) is 5.14. The Morgan fingerprint density at radius 3 is 2.75 bits per heavy atom. The molecule has 3 aromatic rings. The van der Waals surface area contributed by atoms with E-state index in [-0.39, 0.29) is 24.6 Å². The van der Waals surface area contributed by atoms with Crippen LogP contribution in [0.4, 0.5) is 13.2 Å². The predicted molar refractivity (Wildman–Crippen MR) is 107 cm³/mol. The Morgan fingerprint density at radius 1 is 1.22 bits per heavy atom. The lowest BCUT2D eigenvalue weighted by atomic mass is 9.97. The number of nitrogens with one attached hydrogen (secondary N) is 2. The Bertz CT molecular complexity index is 1210. The Labute approximate surface area is 180 Å². The average Bonchev–Trinajstić information content (AvgIpc) is 3.09. The summed E-state index contributed by atoms with van der Waals surface area (Å²) in [5.74, 6) is -0.887. The molecule has 1 aliphatic heterocycles. The van der Waals surface area contributed by atoms with E-state index < -0.39 is 18.1 Å². The molecule has 0 aliphatic carbocycles. The highest BCUT2D eigenvalue weighted by molar-refractivity contribution is 5.86. The molecule has 32 heavy (non-hydrogen) atoms. The fourth-order valence-electron chi connectivity index (χ4n) is 3.89. The number of hydrogen-bond acceptors (Lipinski definition) is 5. The van der Waals surface area contributed by atoms with Crippen molar-refractivity contribution in [3.8, 4) is 17.6 Å². The number of H-pyrrole nitrogens is 1. The van der Waals surface area contributed by atoms with Gasteiger partial charge in [0.15, 0.2) is 0 Å². The molecule has 0 spiro atoms. The summed E-state index contributed by atoms with van der Waals surface area (Å²) < 4.78 is 47.3. The predicted octanol–water partition coefficient (Wildman–Crippen LogP) is 4.18. The van der Waals surface area contributed by atoms with Crippen LogP contribution >= 0.6 is 0 Å². The van der Waals surface area contributed by atoms with Gasteiger partial charge in [0, 0.05) is 16.6 Å². The second-order valence-electron chi connectivity index (χ2n) is 7.39. The molecule has 166 valence electrons. The lowest BCUT2D eigenvalue weighted by Crippen LogP contribution is -2.31. The van der Waals surface area contributed by atoms with Crippen LogP contribution in [0.5, 0.6) is 11.5 Å². The number of nitrogens with zero attached hydrogens (tertiary/aromatic N) is 1. The Balaban J connectivity index is 1.56. The summed E-state index contributed by atoms with van der Waals surface area (Å²) in [6.45, 7) is 0.580. The van der Waals surface area contributed by atoms with E-state index in [0.717, 1.165) is 34.6 Å². The van der Waals surface area contributed by atoms with Gasteiger partial charge in [-0.05, 0) is 60.5 Å². The largest absolute Gasteiger partial charge is 0.573 e. The van der Waals surface area contributed by atoms with Gasteiger partial charge in [0.05, 0.1) is 24.1 Å². The standard InChI is InChI=1S/C22H18F3N3O4/c23-22(24,25)32-15-6-12(10-26)5-13(7-15)11-31-14-1-2-18-17(8-14)16-3-4-27-19(9-20(29)30)21(16)28-18/h1-2,5-8,19,27-28H,3-4,9,11H2,(H,29,30). The van der Waals surface area contributed by atoms with Crippen LogP contribution in [0.3, 0.4) is 0 Å². The molecule has 1 aliphatic rings. The number of alkyl halides is 3. The van der Waals surface area contributed by atoms with Gasteiger partial charge in [0.25, 0.3) is 0 Å². The Kier molecular flexibility index (Phi) is 5.67. The number of benzene rings is 2. The fraction of sp³-hybridized carbons (Fsp3) is 0.273. The Hall–Kier alpha value is -3.71. The molecule has 2 aromatic carbocycles. The van der Waals surface area contributed by atoms with Crippen molar-refractivity contribution in [3.63, 3.8) is 0 Å². The van der Waals surface area contributed by atoms with Gasteiger partial charge in [-0.3, -0.25) is 4.79 Å². The van der Waals surface area contributed by atoms with Crippen molar-refractivity contribution >= 4 is 16.9 Å². The van der Waals surface area contributed by atoms with Gasteiger partial charge in [0.1, 0.15) is 18.1 Å². The smallest absolute Gasteiger partial charge is 0.489 e. The average molecular weight is 445 g/mol. The van der Waals surface area contributed by atoms with Gasteiger partial charge in [-0.2, -0.15) is 5.26 Å². The minimum Gasteiger partial charge on any atom is -0.489 e. The number of rotatable bonds is 6. The van der Waals surface area contributed by atoms with E-state index >= 15 is 0 Å². The number of hydrogen-bond donors (Lipinski definition) is 3. The zero-order valence-corrected chi connectivity index (χ0v) is 16.6. The molecule has 2 heterocycles. The van der Waals surface area contributed by atoms with Crippen LogP contribution in [0.25, 0.3) is 10.9 Å². The summed E-state index contributed by atoms with van der Waals surface area (Å²) in [4.78, 5) is 14.4. The van der Waals surface area contributed by atoms with Crippen LogP contribution in [0.2, 0.25) is 0 Å². The number of halogens is 3. The highest BCUT2D eigenvalue weighted by atomic mass is 19.4. The summed E-state index contributed by atoms with van der Waals surface area (Å²) in [5.41, 5.74) is 3.07. The monoisotopic (exact) mass is 445 g/mol. The van der Waals surface area contributed by atoms with E-state index in [4.69, 9.17) is 15.1 Å². The van der Waals surface area contributed by atoms with Crippen LogP contribution in [-0.4, -0.2) is 29.0 Å². The maximum absolute atomic E-state index is 12.5. The van der Waals surface area contributed by atoms with Crippen molar-refractivity contribution in [1.82, 2.24) is 10.3 Å². The number of carboxylic acids is 1. The van der Waals surface area contributed by atoms with Gasteiger partial charge in [-0.15, -0.1) is 13.2 Å². The topological polar surface area (TPSA) is 107 Å². The molecule has 0 amide bonds. The number of aromatic nitrogens is 1. The van der Waals surface area contributed by atoms with Crippen LogP contribution in [0.15, 0.2) is 36.4 Å². The van der Waals surface area contributed by atoms with Crippen molar-refractivity contribution in [1.29, 1.82) is 5.26 Å². The Morgan fingerprint density at radius 2 is 2.03 bits per heavy atom. The molecule has 0 bridgehead atoms. The summed E-state index contributed by atoms with van der Waals surface area (Å²) in [5, 5.41) is 22.3. The van der Waals surface area contributed by atoms with E-state index in [9.17, 15) is 18.0 Å². The first kappa shape index (κ1) is 21.5. The van der Waals surface area contributed by atoms with Gasteiger partial charge in [0.2, 0.25) is 0 Å². The highest BCUT2D eigenvalue weighted by Gasteiger charge is 2.31. The highest BCUT2D eigenvalue weighted by Crippen LogP contribution is 2.34. The first-order valence-corrected chi connectivity index (χ1v) is 9.74. The third kappa shape index (κ3) is 4.78. The first-order chi connectivity index (χ1) is 15.2. The molecule has 1 aromatic heterocycles. The number of carbonyl (C=O) groups is 1. The molecular weight excluding hydrogens is 427 g/mol. The zero-order valence-electron chi connectivity index (χ0n) is 16.6. The van der Waals surface area contributed by atoms with E-state index in [2.05, 4.69) is 15.0 Å². The maximum atomic E-state index is 12.5. The number of fused-ring (bicyclic) bond motifs is 3. The molecule has 7 nitrogen and oxygen atoms in total. The van der Waals surface area contributed by atoms with E-state index in [1.54, 1.807) is 6.07 Å².